The molecule has 5 aromatic carbocycles. The van der Waals surface area contributed by atoms with Gasteiger partial charge in [0.25, 0.3) is 0 Å². The Hall–Kier alpha value is -4.30. The predicted octanol–water partition coefficient (Wildman–Crippen LogP) is 8.59. The molecule has 32 heavy (non-hydrogen) atoms. The molecule has 0 N–H and O–H groups in total. The zero-order valence-corrected chi connectivity index (χ0v) is 17.4. The van der Waals surface area contributed by atoms with Crippen molar-refractivity contribution in [3.05, 3.63) is 121 Å². The van der Waals surface area contributed by atoms with Crippen LogP contribution in [0.5, 0.6) is 0 Å². The van der Waals surface area contributed by atoms with Crippen LogP contribution in [0.25, 0.3) is 22.3 Å². The topological polar surface area (TPSA) is 6.48 Å². The second-order valence-corrected chi connectivity index (χ2v) is 8.23. The van der Waals surface area contributed by atoms with Gasteiger partial charge in [-0.1, -0.05) is 84.9 Å². The second kappa shape index (κ2) is 6.60. The van der Waals surface area contributed by atoms with Gasteiger partial charge in [-0.15, -0.1) is 0 Å². The Bertz CT molecular complexity index is 1490. The molecule has 5 aromatic rings. The normalized spacial score (nSPS) is 12.9. The fourth-order valence-corrected chi connectivity index (χ4v) is 5.21. The van der Waals surface area contributed by atoms with E-state index in [0.717, 1.165) is 0 Å². The third-order valence-corrected chi connectivity index (χ3v) is 6.51. The second-order valence-electron chi connectivity index (χ2n) is 8.23. The number of para-hydroxylation sites is 5. The first-order chi connectivity index (χ1) is 15.9. The zero-order valence-electron chi connectivity index (χ0n) is 17.4. The van der Waals surface area contributed by atoms with Crippen LogP contribution >= 0.6 is 0 Å². The Kier molecular flexibility index (Phi) is 3.58. The van der Waals surface area contributed by atoms with Crippen LogP contribution in [-0.2, 0) is 0 Å². The summed E-state index contributed by atoms with van der Waals surface area (Å²) < 4.78 is 0. The Labute approximate surface area is 187 Å². The summed E-state index contributed by atoms with van der Waals surface area (Å²) in [5.74, 6) is 0. The molecule has 2 heteroatoms. The van der Waals surface area contributed by atoms with E-state index in [9.17, 15) is 0 Å². The van der Waals surface area contributed by atoms with Gasteiger partial charge in [0, 0.05) is 16.8 Å². The zero-order chi connectivity index (χ0) is 21.1. The number of hydrogen-bond acceptors (Lipinski definition) is 2. The maximum atomic E-state index is 2.45. The molecule has 7 rings (SSSR count). The van der Waals surface area contributed by atoms with E-state index < -0.39 is 0 Å². The third kappa shape index (κ3) is 2.29. The number of benzene rings is 5. The molecule has 2 heterocycles. The average Bonchev–Trinajstić information content (AvgIpc) is 2.99. The Morgan fingerprint density at radius 3 is 1.56 bits per heavy atom. The van der Waals surface area contributed by atoms with Gasteiger partial charge in [0.1, 0.15) is 0 Å². The monoisotopic (exact) mass is 408 g/mol. The summed E-state index contributed by atoms with van der Waals surface area (Å²) in [4.78, 5) is 4.84. The van der Waals surface area contributed by atoms with Crippen LogP contribution in [0, 0.1) is 0 Å². The molecule has 0 atom stereocenters. The van der Waals surface area contributed by atoms with Gasteiger partial charge in [0.05, 0.1) is 28.4 Å². The molecule has 0 unspecified atom stereocenters. The van der Waals surface area contributed by atoms with Crippen LogP contribution in [0.1, 0.15) is 0 Å². The van der Waals surface area contributed by atoms with Crippen molar-refractivity contribution in [3.8, 4) is 22.3 Å². The van der Waals surface area contributed by atoms with Crippen molar-refractivity contribution in [1.82, 2.24) is 0 Å². The molecule has 2 aliphatic heterocycles. The van der Waals surface area contributed by atoms with E-state index in [1.54, 1.807) is 0 Å². The molecule has 0 radical (unpaired) electrons. The standard InChI is InChI=1S/C30H20N2/c1-2-11-21(12-3-1)31-27-18-8-9-19-28(27)32-26-17-7-6-15-24(26)22-13-4-5-14-23(22)25-16-10-20-29(31)30(25)32/h1-20H. The molecular formula is C30H20N2. The summed E-state index contributed by atoms with van der Waals surface area (Å²) >= 11 is 0. The lowest BCUT2D eigenvalue weighted by molar-refractivity contribution is 1.18. The molecule has 2 nitrogen and oxygen atoms in total. The summed E-state index contributed by atoms with van der Waals surface area (Å²) in [5.41, 5.74) is 12.2. The number of hydrogen-bond donors (Lipinski definition) is 0. The Balaban J connectivity index is 1.66. The molecule has 2 aliphatic rings. The minimum absolute atomic E-state index is 1.17. The van der Waals surface area contributed by atoms with Crippen LogP contribution in [0.3, 0.4) is 0 Å². The van der Waals surface area contributed by atoms with Crippen molar-refractivity contribution in [2.75, 3.05) is 9.80 Å². The molecule has 0 aliphatic carbocycles. The van der Waals surface area contributed by atoms with Crippen molar-refractivity contribution < 1.29 is 0 Å². The Morgan fingerprint density at radius 1 is 0.312 bits per heavy atom. The van der Waals surface area contributed by atoms with Crippen molar-refractivity contribution >= 4 is 34.1 Å². The van der Waals surface area contributed by atoms with Crippen molar-refractivity contribution in [2.45, 2.75) is 0 Å². The molecule has 0 amide bonds. The SMILES string of the molecule is c1ccc(N2c3ccccc3N3c4ccccc4-c4ccccc4-c4cccc2c43)cc1. The van der Waals surface area contributed by atoms with E-state index >= 15 is 0 Å². The lowest BCUT2D eigenvalue weighted by atomic mass is 9.94. The molecule has 150 valence electrons. The lowest BCUT2D eigenvalue weighted by Crippen LogP contribution is -2.24. The lowest BCUT2D eigenvalue weighted by Gasteiger charge is -2.41. The minimum atomic E-state index is 1.17. The van der Waals surface area contributed by atoms with E-state index in [4.69, 9.17) is 0 Å². The number of anilines is 6. The van der Waals surface area contributed by atoms with E-state index in [0.29, 0.717) is 0 Å². The average molecular weight is 409 g/mol. The van der Waals surface area contributed by atoms with Crippen LogP contribution in [0.15, 0.2) is 121 Å². The van der Waals surface area contributed by atoms with E-state index in [2.05, 4.69) is 131 Å². The fraction of sp³-hybridized carbons (Fsp3) is 0. The molecular weight excluding hydrogens is 388 g/mol. The molecule has 0 saturated carbocycles. The summed E-state index contributed by atoms with van der Waals surface area (Å²) in [6.45, 7) is 0. The van der Waals surface area contributed by atoms with E-state index in [1.165, 1.54) is 56.4 Å². The highest BCUT2D eigenvalue weighted by Crippen LogP contribution is 2.60. The first-order valence-electron chi connectivity index (χ1n) is 11.0. The number of nitrogens with zero attached hydrogens (tertiary/aromatic N) is 2. The highest BCUT2D eigenvalue weighted by molar-refractivity contribution is 6.11. The fourth-order valence-electron chi connectivity index (χ4n) is 5.21. The molecule has 0 aromatic heterocycles. The summed E-state index contributed by atoms with van der Waals surface area (Å²) in [6.07, 6.45) is 0. The first kappa shape index (κ1) is 17.4. The number of fused-ring (bicyclic) bond motifs is 7. The van der Waals surface area contributed by atoms with Gasteiger partial charge in [0.15, 0.2) is 0 Å². The highest BCUT2D eigenvalue weighted by atomic mass is 15.3. The van der Waals surface area contributed by atoms with Gasteiger partial charge >= 0.3 is 0 Å². The highest BCUT2D eigenvalue weighted by Gasteiger charge is 2.35. The molecule has 0 saturated heterocycles. The van der Waals surface area contributed by atoms with Crippen molar-refractivity contribution in [1.29, 1.82) is 0 Å². The van der Waals surface area contributed by atoms with Gasteiger partial charge < -0.3 is 9.80 Å². The van der Waals surface area contributed by atoms with E-state index in [1.807, 2.05) is 0 Å². The number of rotatable bonds is 1. The maximum absolute atomic E-state index is 2.45. The van der Waals surface area contributed by atoms with Gasteiger partial charge in [0.2, 0.25) is 0 Å². The predicted molar refractivity (Wildman–Crippen MR) is 134 cm³/mol. The van der Waals surface area contributed by atoms with Gasteiger partial charge in [-0.2, -0.15) is 0 Å². The van der Waals surface area contributed by atoms with Crippen LogP contribution in [0.4, 0.5) is 34.1 Å². The van der Waals surface area contributed by atoms with Gasteiger partial charge in [-0.3, -0.25) is 0 Å². The van der Waals surface area contributed by atoms with Crippen LogP contribution in [0.2, 0.25) is 0 Å². The smallest absolute Gasteiger partial charge is 0.0782 e. The van der Waals surface area contributed by atoms with Crippen LogP contribution in [-0.4, -0.2) is 0 Å². The maximum Gasteiger partial charge on any atom is 0.0782 e. The first-order valence-corrected chi connectivity index (χ1v) is 11.0. The summed E-state index contributed by atoms with van der Waals surface area (Å²) in [7, 11) is 0. The minimum Gasteiger partial charge on any atom is -0.306 e. The van der Waals surface area contributed by atoms with Gasteiger partial charge in [-0.25, -0.2) is 0 Å². The summed E-state index contributed by atoms with van der Waals surface area (Å²) in [5, 5.41) is 0. The van der Waals surface area contributed by atoms with Crippen molar-refractivity contribution in [2.24, 2.45) is 0 Å². The van der Waals surface area contributed by atoms with E-state index in [-0.39, 0.29) is 0 Å². The van der Waals surface area contributed by atoms with Gasteiger partial charge in [-0.05, 0) is 47.5 Å². The quantitative estimate of drug-likeness (QED) is 0.268. The van der Waals surface area contributed by atoms with Crippen molar-refractivity contribution in [3.63, 3.8) is 0 Å². The third-order valence-electron chi connectivity index (χ3n) is 6.51. The molecule has 0 fully saturated rings. The summed E-state index contributed by atoms with van der Waals surface area (Å²) in [6, 6.07) is 43.6. The molecule has 0 bridgehead atoms. The molecule has 0 spiro atoms. The Morgan fingerprint density at radius 2 is 0.812 bits per heavy atom. The van der Waals surface area contributed by atoms with Crippen LogP contribution < -0.4 is 9.80 Å². The largest absolute Gasteiger partial charge is 0.306 e.